The lowest BCUT2D eigenvalue weighted by Gasteiger charge is -2.18. The number of methoxy groups -OCH3 is 1. The van der Waals surface area contributed by atoms with Crippen molar-refractivity contribution in [2.45, 2.75) is 26.3 Å². The Morgan fingerprint density at radius 1 is 1.28 bits per heavy atom. The number of nitrogens with one attached hydrogen (secondary N) is 1. The number of hydrogen-bond acceptors (Lipinski definition) is 3. The highest BCUT2D eigenvalue weighted by Crippen LogP contribution is 2.12. The van der Waals surface area contributed by atoms with Gasteiger partial charge in [-0.15, -0.1) is 0 Å². The van der Waals surface area contributed by atoms with Gasteiger partial charge in [0.25, 0.3) is 0 Å². The van der Waals surface area contributed by atoms with Crippen LogP contribution in [0.1, 0.15) is 19.4 Å². The van der Waals surface area contributed by atoms with Crippen molar-refractivity contribution in [1.29, 1.82) is 0 Å². The van der Waals surface area contributed by atoms with E-state index in [9.17, 15) is 0 Å². The molecule has 3 nitrogen and oxygen atoms in total. The molecule has 0 amide bonds. The summed E-state index contributed by atoms with van der Waals surface area (Å²) in [6.07, 6.45) is 1.06. The summed E-state index contributed by atoms with van der Waals surface area (Å²) < 4.78 is 5.16. The van der Waals surface area contributed by atoms with Crippen LogP contribution in [0.15, 0.2) is 24.3 Å². The predicted molar refractivity (Wildman–Crippen MR) is 77.3 cm³/mol. The van der Waals surface area contributed by atoms with Gasteiger partial charge < -0.3 is 15.0 Å². The quantitative estimate of drug-likeness (QED) is 0.765. The fourth-order valence-corrected chi connectivity index (χ4v) is 1.85. The Bertz CT molecular complexity index is 324. The molecule has 0 aliphatic carbocycles. The number of hydrogen-bond donors (Lipinski definition) is 1. The first-order valence-electron chi connectivity index (χ1n) is 6.70. The van der Waals surface area contributed by atoms with E-state index in [0.29, 0.717) is 6.04 Å². The fraction of sp³-hybridized carbons (Fsp3) is 0.600. The smallest absolute Gasteiger partial charge is 0.118 e. The van der Waals surface area contributed by atoms with Gasteiger partial charge in [0.2, 0.25) is 0 Å². The van der Waals surface area contributed by atoms with Crippen molar-refractivity contribution in [1.82, 2.24) is 10.2 Å². The minimum atomic E-state index is 0.503. The summed E-state index contributed by atoms with van der Waals surface area (Å²) >= 11 is 0. The molecule has 0 saturated carbocycles. The summed E-state index contributed by atoms with van der Waals surface area (Å²) in [7, 11) is 3.85. The highest BCUT2D eigenvalue weighted by Gasteiger charge is 2.03. The SMILES string of the molecule is CCN(C)CCNC(C)Cc1ccc(OC)cc1. The average Bonchev–Trinajstić information content (AvgIpc) is 2.39. The van der Waals surface area contributed by atoms with Crippen molar-refractivity contribution in [3.63, 3.8) is 0 Å². The summed E-state index contributed by atoms with van der Waals surface area (Å²) in [6, 6.07) is 8.81. The van der Waals surface area contributed by atoms with Crippen molar-refractivity contribution in [3.8, 4) is 5.75 Å². The summed E-state index contributed by atoms with van der Waals surface area (Å²) in [5, 5.41) is 3.55. The molecule has 1 unspecified atom stereocenters. The van der Waals surface area contributed by atoms with E-state index in [1.54, 1.807) is 7.11 Å². The Hall–Kier alpha value is -1.06. The van der Waals surface area contributed by atoms with Crippen LogP contribution in [-0.2, 0) is 6.42 Å². The first-order chi connectivity index (χ1) is 8.65. The molecule has 1 atom stereocenters. The van der Waals surface area contributed by atoms with Gasteiger partial charge in [-0.3, -0.25) is 0 Å². The zero-order valence-electron chi connectivity index (χ0n) is 12.1. The van der Waals surface area contributed by atoms with Crippen LogP contribution in [-0.4, -0.2) is 44.7 Å². The van der Waals surface area contributed by atoms with E-state index in [0.717, 1.165) is 31.8 Å². The van der Waals surface area contributed by atoms with E-state index < -0.39 is 0 Å². The minimum Gasteiger partial charge on any atom is -0.497 e. The molecule has 1 rings (SSSR count). The third-order valence-electron chi connectivity index (χ3n) is 3.23. The predicted octanol–water partition coefficient (Wildman–Crippen LogP) is 2.17. The van der Waals surface area contributed by atoms with E-state index in [1.165, 1.54) is 5.56 Å². The molecule has 0 fully saturated rings. The van der Waals surface area contributed by atoms with Crippen LogP contribution in [0.4, 0.5) is 0 Å². The van der Waals surface area contributed by atoms with Crippen molar-refractivity contribution in [2.24, 2.45) is 0 Å². The number of rotatable bonds is 8. The molecule has 3 heteroatoms. The summed E-state index contributed by atoms with van der Waals surface area (Å²) in [5.41, 5.74) is 1.35. The maximum absolute atomic E-state index is 5.16. The van der Waals surface area contributed by atoms with Gasteiger partial charge in [0.15, 0.2) is 0 Å². The first kappa shape index (κ1) is 15.0. The number of ether oxygens (including phenoxy) is 1. The lowest BCUT2D eigenvalue weighted by molar-refractivity contribution is 0.341. The standard InChI is InChI=1S/C15H26N2O/c1-5-17(3)11-10-16-13(2)12-14-6-8-15(18-4)9-7-14/h6-9,13,16H,5,10-12H2,1-4H3. The van der Waals surface area contributed by atoms with Gasteiger partial charge in [-0.1, -0.05) is 19.1 Å². The van der Waals surface area contributed by atoms with E-state index in [-0.39, 0.29) is 0 Å². The highest BCUT2D eigenvalue weighted by atomic mass is 16.5. The van der Waals surface area contributed by atoms with E-state index in [2.05, 4.69) is 43.2 Å². The lowest BCUT2D eigenvalue weighted by atomic mass is 10.1. The second-order valence-electron chi connectivity index (χ2n) is 4.80. The Labute approximate surface area is 111 Å². The van der Waals surface area contributed by atoms with Crippen molar-refractivity contribution < 1.29 is 4.74 Å². The van der Waals surface area contributed by atoms with Crippen LogP contribution < -0.4 is 10.1 Å². The molecule has 0 saturated heterocycles. The minimum absolute atomic E-state index is 0.503. The van der Waals surface area contributed by atoms with E-state index >= 15 is 0 Å². The topological polar surface area (TPSA) is 24.5 Å². The Morgan fingerprint density at radius 2 is 1.94 bits per heavy atom. The van der Waals surface area contributed by atoms with E-state index in [4.69, 9.17) is 4.74 Å². The van der Waals surface area contributed by atoms with Crippen LogP contribution in [0, 0.1) is 0 Å². The van der Waals surface area contributed by atoms with Gasteiger partial charge in [-0.2, -0.15) is 0 Å². The van der Waals surface area contributed by atoms with Crippen LogP contribution in [0.3, 0.4) is 0 Å². The number of likely N-dealkylation sites (N-methyl/N-ethyl adjacent to an activating group) is 1. The molecular weight excluding hydrogens is 224 g/mol. The monoisotopic (exact) mass is 250 g/mol. The summed E-state index contributed by atoms with van der Waals surface area (Å²) in [6.45, 7) is 7.66. The van der Waals surface area contributed by atoms with Gasteiger partial charge in [-0.05, 0) is 44.6 Å². The lowest BCUT2D eigenvalue weighted by Crippen LogP contribution is -2.35. The van der Waals surface area contributed by atoms with Crippen LogP contribution in [0.5, 0.6) is 5.75 Å². The van der Waals surface area contributed by atoms with Gasteiger partial charge in [-0.25, -0.2) is 0 Å². The second-order valence-corrected chi connectivity index (χ2v) is 4.80. The van der Waals surface area contributed by atoms with Gasteiger partial charge in [0.1, 0.15) is 5.75 Å². The van der Waals surface area contributed by atoms with Crippen molar-refractivity contribution in [3.05, 3.63) is 29.8 Å². The highest BCUT2D eigenvalue weighted by molar-refractivity contribution is 5.27. The van der Waals surface area contributed by atoms with Crippen LogP contribution >= 0.6 is 0 Å². The largest absolute Gasteiger partial charge is 0.497 e. The van der Waals surface area contributed by atoms with Crippen LogP contribution in [0.25, 0.3) is 0 Å². The molecule has 0 heterocycles. The molecule has 18 heavy (non-hydrogen) atoms. The molecule has 1 aromatic carbocycles. The molecule has 0 aliphatic heterocycles. The first-order valence-corrected chi connectivity index (χ1v) is 6.70. The zero-order valence-corrected chi connectivity index (χ0v) is 12.1. The van der Waals surface area contributed by atoms with Gasteiger partial charge >= 0.3 is 0 Å². The van der Waals surface area contributed by atoms with Gasteiger partial charge in [0, 0.05) is 19.1 Å². The number of benzene rings is 1. The Balaban J connectivity index is 2.28. The summed E-state index contributed by atoms with van der Waals surface area (Å²) in [4.78, 5) is 2.31. The Morgan fingerprint density at radius 3 is 2.50 bits per heavy atom. The molecule has 0 aliphatic rings. The molecule has 0 aromatic heterocycles. The molecule has 1 N–H and O–H groups in total. The third kappa shape index (κ3) is 5.52. The molecule has 0 radical (unpaired) electrons. The van der Waals surface area contributed by atoms with Crippen LogP contribution in [0.2, 0.25) is 0 Å². The van der Waals surface area contributed by atoms with Crippen molar-refractivity contribution >= 4 is 0 Å². The molecule has 1 aromatic rings. The van der Waals surface area contributed by atoms with E-state index in [1.807, 2.05) is 12.1 Å². The van der Waals surface area contributed by atoms with Gasteiger partial charge in [0.05, 0.1) is 7.11 Å². The maximum atomic E-state index is 5.16. The number of nitrogens with zero attached hydrogens (tertiary/aromatic N) is 1. The van der Waals surface area contributed by atoms with Crippen molar-refractivity contribution in [2.75, 3.05) is 33.8 Å². The fourth-order valence-electron chi connectivity index (χ4n) is 1.85. The summed E-state index contributed by atoms with van der Waals surface area (Å²) in [5.74, 6) is 0.920. The normalized spacial score (nSPS) is 12.7. The molecular formula is C15H26N2O. The molecule has 0 bridgehead atoms. The maximum Gasteiger partial charge on any atom is 0.118 e. The average molecular weight is 250 g/mol. The Kier molecular flexibility index (Phi) is 6.76. The molecule has 102 valence electrons. The zero-order chi connectivity index (χ0) is 13.4. The second kappa shape index (κ2) is 8.11. The third-order valence-corrected chi connectivity index (χ3v) is 3.23. The molecule has 0 spiro atoms.